The van der Waals surface area contributed by atoms with Crippen LogP contribution in [-0.4, -0.2) is 55.9 Å². The summed E-state index contributed by atoms with van der Waals surface area (Å²) in [6.45, 7) is 2.03. The summed E-state index contributed by atoms with van der Waals surface area (Å²) in [4.78, 5) is 18.4. The Balaban J connectivity index is 1.61. The minimum atomic E-state index is -4.73. The molecule has 3 heterocycles. The number of morpholine rings is 1. The van der Waals surface area contributed by atoms with Crippen molar-refractivity contribution in [2.24, 2.45) is 0 Å². The molecule has 158 valence electrons. The molecule has 2 aliphatic rings. The van der Waals surface area contributed by atoms with Gasteiger partial charge in [0.15, 0.2) is 0 Å². The molecule has 1 aromatic carbocycles. The van der Waals surface area contributed by atoms with Crippen LogP contribution in [0.25, 0.3) is 0 Å². The maximum absolute atomic E-state index is 13.7. The van der Waals surface area contributed by atoms with E-state index in [1.165, 1.54) is 6.07 Å². The van der Waals surface area contributed by atoms with Crippen molar-refractivity contribution in [3.05, 3.63) is 47.2 Å². The van der Waals surface area contributed by atoms with E-state index in [2.05, 4.69) is 10.3 Å². The van der Waals surface area contributed by atoms with Crippen molar-refractivity contribution in [1.82, 2.24) is 4.98 Å². The molecule has 2 N–H and O–H groups in total. The van der Waals surface area contributed by atoms with Crippen molar-refractivity contribution < 1.29 is 32.4 Å². The number of ether oxygens (including phenoxy) is 1. The Kier molecular flexibility index (Phi) is 5.67. The Morgan fingerprint density at radius 1 is 1.20 bits per heavy atom. The zero-order chi connectivity index (χ0) is 21.3. The number of anilines is 2. The molecule has 0 radical (unpaired) electrons. The van der Waals surface area contributed by atoms with Gasteiger partial charge in [0.05, 0.1) is 24.3 Å². The summed E-state index contributed by atoms with van der Waals surface area (Å²) in [5.74, 6) is -0.786. The molecule has 1 aromatic heterocycles. The molecule has 2 aromatic rings. The summed E-state index contributed by atoms with van der Waals surface area (Å²) in [5.41, 5.74) is -0.0318. The summed E-state index contributed by atoms with van der Waals surface area (Å²) in [7, 11) is -1.13. The number of amides is 1. The van der Waals surface area contributed by atoms with E-state index in [0.29, 0.717) is 44.8 Å². The molecule has 0 spiro atoms. The number of benzene rings is 1. The van der Waals surface area contributed by atoms with Gasteiger partial charge in [-0.15, -0.1) is 0 Å². The van der Waals surface area contributed by atoms with Gasteiger partial charge in [0.1, 0.15) is 5.82 Å². The first-order chi connectivity index (χ1) is 14.3. The summed E-state index contributed by atoms with van der Waals surface area (Å²) < 4.78 is 51.4. The third-order valence-electron chi connectivity index (χ3n) is 5.09. The van der Waals surface area contributed by atoms with Crippen molar-refractivity contribution in [1.29, 1.82) is 0 Å². The maximum atomic E-state index is 13.7. The lowest BCUT2D eigenvalue weighted by molar-refractivity contribution is -0.137. The Hall–Kier alpha value is -2.63. The molecule has 0 atom stereocenters. The van der Waals surface area contributed by atoms with Gasteiger partial charge in [-0.25, -0.2) is 4.98 Å². The number of rotatable bonds is 3. The van der Waals surface area contributed by atoms with Gasteiger partial charge >= 0.3 is 13.3 Å². The van der Waals surface area contributed by atoms with Crippen molar-refractivity contribution >= 4 is 30.0 Å². The first-order valence-electron chi connectivity index (χ1n) is 9.47. The van der Waals surface area contributed by atoms with Crippen LogP contribution in [0.4, 0.5) is 24.7 Å². The van der Waals surface area contributed by atoms with Crippen LogP contribution in [0, 0.1) is 0 Å². The van der Waals surface area contributed by atoms with Gasteiger partial charge in [-0.3, -0.25) is 4.79 Å². The van der Waals surface area contributed by atoms with E-state index in [0.717, 1.165) is 17.8 Å². The van der Waals surface area contributed by atoms with E-state index in [9.17, 15) is 23.0 Å². The van der Waals surface area contributed by atoms with Crippen molar-refractivity contribution in [2.45, 2.75) is 12.6 Å². The van der Waals surface area contributed by atoms with Crippen LogP contribution in [0.1, 0.15) is 21.5 Å². The average Bonchev–Trinajstić information content (AvgIpc) is 2.74. The number of nitrogens with zero attached hydrogens (tertiary/aromatic N) is 2. The van der Waals surface area contributed by atoms with Gasteiger partial charge in [0, 0.05) is 31.6 Å². The lowest BCUT2D eigenvalue weighted by atomic mass is 9.73. The first-order valence-corrected chi connectivity index (χ1v) is 9.47. The fourth-order valence-corrected chi connectivity index (χ4v) is 3.52. The number of nitrogens with one attached hydrogen (secondary N) is 1. The normalized spacial score (nSPS) is 16.9. The van der Waals surface area contributed by atoms with Crippen LogP contribution in [0.3, 0.4) is 0 Å². The number of aromatic nitrogens is 1. The van der Waals surface area contributed by atoms with Crippen LogP contribution < -0.4 is 15.7 Å². The minimum absolute atomic E-state index is 0.149. The molecule has 4 rings (SSSR count). The molecule has 0 unspecified atom stereocenters. The molecule has 7 nitrogen and oxygen atoms in total. The standard InChI is InChI=1S/C19H19BF3N3O4/c21-19(22,23)15-10-17(26-4-7-29-8-5-26)24-11-14(15)18(27)25-13-2-1-12-3-6-30-20(28)16(12)9-13/h1-2,9-11,28H,3-8H2,(H,25,27). The molecule has 1 fully saturated rings. The number of fused-ring (bicyclic) bond motifs is 1. The highest BCUT2D eigenvalue weighted by molar-refractivity contribution is 6.61. The van der Waals surface area contributed by atoms with Crippen LogP contribution in [-0.2, 0) is 22.0 Å². The number of hydrogen-bond acceptors (Lipinski definition) is 6. The number of pyridine rings is 1. The van der Waals surface area contributed by atoms with Crippen LogP contribution in [0.5, 0.6) is 0 Å². The van der Waals surface area contributed by atoms with Gasteiger partial charge in [0.25, 0.3) is 5.91 Å². The minimum Gasteiger partial charge on any atom is -0.423 e. The Morgan fingerprint density at radius 2 is 1.97 bits per heavy atom. The highest BCUT2D eigenvalue weighted by atomic mass is 19.4. The third-order valence-corrected chi connectivity index (χ3v) is 5.09. The van der Waals surface area contributed by atoms with E-state index >= 15 is 0 Å². The van der Waals surface area contributed by atoms with Gasteiger partial charge in [-0.1, -0.05) is 6.07 Å². The van der Waals surface area contributed by atoms with E-state index in [1.807, 2.05) is 0 Å². The van der Waals surface area contributed by atoms with Crippen LogP contribution in [0.2, 0.25) is 0 Å². The summed E-state index contributed by atoms with van der Waals surface area (Å²) in [5, 5.41) is 12.4. The predicted octanol–water partition coefficient (Wildman–Crippen LogP) is 1.45. The smallest absolute Gasteiger partial charge is 0.423 e. The molecule has 1 amide bonds. The predicted molar refractivity (Wildman–Crippen MR) is 104 cm³/mol. The molecule has 0 bridgehead atoms. The zero-order valence-electron chi connectivity index (χ0n) is 15.9. The van der Waals surface area contributed by atoms with Gasteiger partial charge in [0.2, 0.25) is 0 Å². The van der Waals surface area contributed by atoms with E-state index in [-0.39, 0.29) is 11.5 Å². The van der Waals surface area contributed by atoms with E-state index < -0.39 is 30.3 Å². The largest absolute Gasteiger partial charge is 0.491 e. The molecular weight excluding hydrogens is 402 g/mol. The monoisotopic (exact) mass is 421 g/mol. The summed E-state index contributed by atoms with van der Waals surface area (Å²) >= 11 is 0. The van der Waals surface area contributed by atoms with Crippen LogP contribution >= 0.6 is 0 Å². The van der Waals surface area contributed by atoms with E-state index in [4.69, 9.17) is 9.39 Å². The average molecular weight is 421 g/mol. The maximum Gasteiger partial charge on any atom is 0.491 e. The number of alkyl halides is 3. The molecule has 0 aliphatic carbocycles. The third kappa shape index (κ3) is 4.28. The molecule has 11 heteroatoms. The van der Waals surface area contributed by atoms with Gasteiger partial charge in [-0.2, -0.15) is 13.2 Å². The highest BCUT2D eigenvalue weighted by Crippen LogP contribution is 2.34. The van der Waals surface area contributed by atoms with E-state index in [1.54, 1.807) is 17.0 Å². The lowest BCUT2D eigenvalue weighted by Gasteiger charge is -2.28. The van der Waals surface area contributed by atoms with Crippen molar-refractivity contribution in [3.8, 4) is 0 Å². The Labute approximate surface area is 170 Å². The van der Waals surface area contributed by atoms with Crippen molar-refractivity contribution in [2.75, 3.05) is 43.1 Å². The molecule has 1 saturated heterocycles. The molecular formula is C19H19BF3N3O4. The Morgan fingerprint density at radius 3 is 2.70 bits per heavy atom. The summed E-state index contributed by atoms with van der Waals surface area (Å²) in [6, 6.07) is 5.68. The number of hydrogen-bond donors (Lipinski definition) is 2. The van der Waals surface area contributed by atoms with Gasteiger partial charge in [-0.05, 0) is 35.6 Å². The second kappa shape index (κ2) is 8.25. The number of carbonyl (C=O) groups is 1. The second-order valence-electron chi connectivity index (χ2n) is 7.03. The number of carbonyl (C=O) groups excluding carboxylic acids is 1. The second-order valence-corrected chi connectivity index (χ2v) is 7.03. The van der Waals surface area contributed by atoms with Crippen molar-refractivity contribution in [3.63, 3.8) is 0 Å². The Bertz CT molecular complexity index is 951. The van der Waals surface area contributed by atoms with Gasteiger partial charge < -0.3 is 24.6 Å². The fraction of sp³-hybridized carbons (Fsp3) is 0.368. The summed E-state index contributed by atoms with van der Waals surface area (Å²) in [6.07, 6.45) is -3.18. The molecule has 30 heavy (non-hydrogen) atoms. The highest BCUT2D eigenvalue weighted by Gasteiger charge is 2.37. The SMILES string of the molecule is O=C(Nc1ccc2c(c1)B(O)OCC2)c1cnc(N2CCOCC2)cc1C(F)(F)F. The zero-order valence-corrected chi connectivity index (χ0v) is 15.9. The fourth-order valence-electron chi connectivity index (χ4n) is 3.52. The number of halogens is 3. The topological polar surface area (TPSA) is 83.9 Å². The van der Waals surface area contributed by atoms with Crippen LogP contribution in [0.15, 0.2) is 30.5 Å². The first kappa shape index (κ1) is 20.6. The lowest BCUT2D eigenvalue weighted by Crippen LogP contribution is -2.41. The molecule has 2 aliphatic heterocycles. The quantitative estimate of drug-likeness (QED) is 0.731. The molecule has 0 saturated carbocycles.